The Hall–Kier alpha value is -3.45. The summed E-state index contributed by atoms with van der Waals surface area (Å²) >= 11 is 0.662. The first-order chi connectivity index (χ1) is 20.5. The first kappa shape index (κ1) is 38.7. The van der Waals surface area contributed by atoms with Gasteiger partial charge in [0.1, 0.15) is 11.4 Å². The van der Waals surface area contributed by atoms with E-state index in [2.05, 4.69) is 0 Å². The van der Waals surface area contributed by atoms with Crippen LogP contribution >= 0.6 is 22.6 Å². The molecule has 0 radical (unpaired) electrons. The molecule has 0 bridgehead atoms. The average molecular weight is 823 g/mol. The molecule has 0 atom stereocenters. The Bertz CT molecular complexity index is 1640. The zero-order valence-electron chi connectivity index (χ0n) is 21.7. The molecule has 0 spiro atoms. The van der Waals surface area contributed by atoms with Gasteiger partial charge in [0.25, 0.3) is 15.7 Å². The summed E-state index contributed by atoms with van der Waals surface area (Å²) in [5.41, 5.74) is -19.7. The molecule has 0 saturated carbocycles. The van der Waals surface area contributed by atoms with Crippen molar-refractivity contribution in [3.8, 4) is 0 Å². The van der Waals surface area contributed by atoms with Crippen LogP contribution in [-0.2, 0) is 25.1 Å². The van der Waals surface area contributed by atoms with Gasteiger partial charge in [-0.3, -0.25) is 14.4 Å². The Morgan fingerprint density at radius 1 is 0.848 bits per heavy atom. The van der Waals surface area contributed by atoms with Gasteiger partial charge < -0.3 is 15.5 Å². The van der Waals surface area contributed by atoms with E-state index >= 15 is 4.39 Å². The number of carbonyl (C=O) groups excluding carboxylic acids is 3. The normalized spacial score (nSPS) is 13.3. The number of amides is 3. The number of nitrogens with one attached hydrogen (secondary N) is 2. The molecule has 0 aliphatic carbocycles. The van der Waals surface area contributed by atoms with Crippen molar-refractivity contribution in [3.05, 3.63) is 50.8 Å². The van der Waals surface area contributed by atoms with Gasteiger partial charge in [0, 0.05) is 16.2 Å². The molecular weight excluding hydrogens is 811 g/mol. The van der Waals surface area contributed by atoms with Crippen LogP contribution in [0.2, 0.25) is 0 Å². The van der Waals surface area contributed by atoms with Crippen LogP contribution in [0.15, 0.2) is 35.2 Å². The van der Waals surface area contributed by atoms with Crippen molar-refractivity contribution in [2.75, 3.05) is 24.2 Å². The minimum Gasteiger partial charge on any atom is -0.328 e. The largest absolute Gasteiger partial charge is 0.501 e. The third-order valence-electron chi connectivity index (χ3n) is 5.51. The molecule has 0 aliphatic rings. The second-order valence-electron chi connectivity index (χ2n) is 8.79. The summed E-state index contributed by atoms with van der Waals surface area (Å²) in [6.07, 6.45) is -18.8. The number of rotatable bonds is 6. The minimum atomic E-state index is -6.99. The van der Waals surface area contributed by atoms with Crippen LogP contribution < -0.4 is 10.6 Å². The lowest BCUT2D eigenvalue weighted by atomic mass is 9.94. The predicted octanol–water partition coefficient (Wildman–Crippen LogP) is 6.22. The number of anilines is 2. The predicted molar refractivity (Wildman–Crippen MR) is 134 cm³/mol. The molecule has 8 nitrogen and oxygen atoms in total. The van der Waals surface area contributed by atoms with Gasteiger partial charge in [0.05, 0.1) is 16.9 Å². The van der Waals surface area contributed by atoms with Gasteiger partial charge in [-0.1, -0.05) is 6.07 Å². The average Bonchev–Trinajstić information content (AvgIpc) is 2.86. The molecule has 2 rings (SSSR count). The first-order valence-electron chi connectivity index (χ1n) is 11.2. The Labute approximate surface area is 260 Å². The van der Waals surface area contributed by atoms with E-state index in [1.54, 1.807) is 0 Å². The summed E-state index contributed by atoms with van der Waals surface area (Å²) in [5, 5.41) is 2.86. The minimum absolute atomic E-state index is 0.137. The molecule has 24 heteroatoms. The van der Waals surface area contributed by atoms with Crippen molar-refractivity contribution < 1.29 is 84.3 Å². The fourth-order valence-electron chi connectivity index (χ4n) is 3.40. The van der Waals surface area contributed by atoms with Crippen LogP contribution in [-0.4, -0.2) is 68.7 Å². The summed E-state index contributed by atoms with van der Waals surface area (Å²) in [7, 11) is -6.46. The second kappa shape index (κ2) is 12.6. The zero-order valence-corrected chi connectivity index (χ0v) is 24.6. The van der Waals surface area contributed by atoms with E-state index in [1.165, 1.54) is 10.6 Å². The van der Waals surface area contributed by atoms with E-state index in [4.69, 9.17) is 0 Å². The van der Waals surface area contributed by atoms with E-state index in [0.717, 1.165) is 0 Å². The van der Waals surface area contributed by atoms with Gasteiger partial charge in [-0.25, -0.2) is 17.2 Å². The smallest absolute Gasteiger partial charge is 0.328 e. The zero-order chi connectivity index (χ0) is 36.0. The van der Waals surface area contributed by atoms with Crippen molar-refractivity contribution in [1.29, 1.82) is 0 Å². The number of benzene rings is 2. The van der Waals surface area contributed by atoms with Crippen LogP contribution in [0.25, 0.3) is 0 Å². The molecule has 256 valence electrons. The molecule has 0 aliphatic heterocycles. The third-order valence-corrected chi connectivity index (χ3v) is 7.88. The van der Waals surface area contributed by atoms with Gasteiger partial charge in [-0.2, -0.15) is 52.7 Å². The number of nitrogens with zero attached hydrogens (tertiary/aromatic N) is 1. The number of halogens is 15. The number of hydrogen-bond acceptors (Lipinski definition) is 5. The Balaban J connectivity index is 2.67. The number of sulfone groups is 1. The second-order valence-corrected chi connectivity index (χ2v) is 11.9. The van der Waals surface area contributed by atoms with E-state index in [9.17, 15) is 79.9 Å². The lowest BCUT2D eigenvalue weighted by Crippen LogP contribution is -2.50. The van der Waals surface area contributed by atoms with Gasteiger partial charge in [-0.15, -0.1) is 0 Å². The van der Waals surface area contributed by atoms with Crippen molar-refractivity contribution in [3.63, 3.8) is 0 Å². The fourth-order valence-corrected chi connectivity index (χ4v) is 5.31. The van der Waals surface area contributed by atoms with Crippen molar-refractivity contribution >= 4 is 61.5 Å². The van der Waals surface area contributed by atoms with Gasteiger partial charge >= 0.3 is 41.5 Å². The molecular formula is C22H12F14IN3O5S. The highest BCUT2D eigenvalue weighted by Gasteiger charge is 2.74. The monoisotopic (exact) mass is 823 g/mol. The molecule has 0 heterocycles. The maximum Gasteiger partial charge on any atom is 0.501 e. The highest BCUT2D eigenvalue weighted by atomic mass is 127. The van der Waals surface area contributed by atoms with E-state index in [1.807, 2.05) is 0 Å². The molecule has 2 aromatic carbocycles. The summed E-state index contributed by atoms with van der Waals surface area (Å²) in [5.74, 6) is -7.58. The van der Waals surface area contributed by atoms with Crippen LogP contribution in [0.1, 0.15) is 15.9 Å². The first-order valence-corrected chi connectivity index (χ1v) is 13.7. The molecule has 0 unspecified atom stereocenters. The molecule has 2 aromatic rings. The van der Waals surface area contributed by atoms with Crippen molar-refractivity contribution in [2.24, 2.45) is 0 Å². The van der Waals surface area contributed by atoms with Crippen LogP contribution in [0.5, 0.6) is 0 Å². The Morgan fingerprint density at radius 3 is 1.83 bits per heavy atom. The van der Waals surface area contributed by atoms with Crippen molar-refractivity contribution in [1.82, 2.24) is 4.90 Å². The van der Waals surface area contributed by atoms with E-state index < -0.39 is 107 Å². The van der Waals surface area contributed by atoms with Crippen LogP contribution in [0, 0.1) is 9.39 Å². The third kappa shape index (κ3) is 7.74. The topological polar surface area (TPSA) is 113 Å². The van der Waals surface area contributed by atoms with E-state index in [0.29, 0.717) is 47.8 Å². The van der Waals surface area contributed by atoms with Gasteiger partial charge in [0.2, 0.25) is 0 Å². The quantitative estimate of drug-likeness (QED) is 0.204. The van der Waals surface area contributed by atoms with E-state index in [-0.39, 0.29) is 11.0 Å². The highest BCUT2D eigenvalue weighted by molar-refractivity contribution is 14.1. The summed E-state index contributed by atoms with van der Waals surface area (Å²) < 4.78 is 210. The lowest BCUT2D eigenvalue weighted by molar-refractivity contribution is -0.348. The van der Waals surface area contributed by atoms with Crippen molar-refractivity contribution in [2.45, 2.75) is 34.6 Å². The lowest BCUT2D eigenvalue weighted by Gasteiger charge is -2.31. The maximum atomic E-state index is 15.0. The van der Waals surface area contributed by atoms with Gasteiger partial charge in [-0.05, 0) is 46.9 Å². The van der Waals surface area contributed by atoms with Crippen LogP contribution in [0.4, 0.5) is 72.8 Å². The molecule has 0 aromatic heterocycles. The molecule has 0 saturated heterocycles. The number of hydrogen-bond donors (Lipinski definition) is 2. The Kier molecular flexibility index (Phi) is 10.6. The standard InChI is InChI=1S/C22H12F14IN3O5S/c1-40(7-18(24,25)26)17(43)16(42)38-11-4-2-3-9(13(11)23)15(41)39-14-10(37)5-8(6-12(14)46(44,45)22(34,35)36)19(27,20(28,29)30)21(31,32)33/h2-6H,7H2,1H3,(H,38,42)(H,39,41). The fraction of sp³-hybridized carbons (Fsp3) is 0.318. The number of carbonyl (C=O) groups is 3. The number of likely N-dealkylation sites (N-methyl/N-ethyl adjacent to an activating group) is 1. The SMILES string of the molecule is CN(CC(F)(F)F)C(=O)C(=O)Nc1cccc(C(=O)Nc2c(I)cc(C(F)(C(F)(F)F)C(F)(F)F)cc2S(=O)(=O)C(F)(F)F)c1F. The summed E-state index contributed by atoms with van der Waals surface area (Å²) in [6, 6.07) is 0.467. The van der Waals surface area contributed by atoms with Gasteiger partial charge in [0.15, 0.2) is 5.82 Å². The molecule has 2 N–H and O–H groups in total. The Morgan fingerprint density at radius 2 is 1.37 bits per heavy atom. The molecule has 3 amide bonds. The molecule has 46 heavy (non-hydrogen) atoms. The highest BCUT2D eigenvalue weighted by Crippen LogP contribution is 2.54. The van der Waals surface area contributed by atoms with Crippen LogP contribution in [0.3, 0.4) is 0 Å². The molecule has 0 fully saturated rings. The summed E-state index contributed by atoms with van der Waals surface area (Å²) in [4.78, 5) is 34.0. The summed E-state index contributed by atoms with van der Waals surface area (Å²) in [6.45, 7) is -1.93. The number of alkyl halides is 13. The maximum absolute atomic E-state index is 15.0.